The van der Waals surface area contributed by atoms with Crippen molar-refractivity contribution in [2.75, 3.05) is 6.61 Å². The van der Waals surface area contributed by atoms with Gasteiger partial charge in [-0.25, -0.2) is 9.37 Å². The second-order valence-corrected chi connectivity index (χ2v) is 11.2. The van der Waals surface area contributed by atoms with Gasteiger partial charge in [-0.05, 0) is 63.1 Å². The molecule has 204 valence electrons. The number of hydrogen-bond donors (Lipinski definition) is 4. The maximum atomic E-state index is 13.5. The number of aryl methyl sites for hydroxylation is 1. The van der Waals surface area contributed by atoms with Gasteiger partial charge in [-0.1, -0.05) is 32.9 Å². The fraction of sp³-hybridized carbons (Fsp3) is 0.556. The van der Waals surface area contributed by atoms with Gasteiger partial charge in [0, 0.05) is 19.1 Å². The third-order valence-corrected chi connectivity index (χ3v) is 6.10. The first kappa shape index (κ1) is 30.0. The molecule has 37 heavy (non-hydrogen) atoms. The number of H-pyrrole nitrogens is 1. The average molecular weight is 520 g/mol. The van der Waals surface area contributed by atoms with Crippen LogP contribution >= 0.6 is 0 Å². The summed E-state index contributed by atoms with van der Waals surface area (Å²) in [4.78, 5) is 45.1. The second-order valence-electron chi connectivity index (χ2n) is 11.2. The fourth-order valence-corrected chi connectivity index (χ4v) is 3.71. The molecule has 0 saturated heterocycles. The third-order valence-electron chi connectivity index (χ3n) is 6.10. The largest absolute Gasteiger partial charge is 0.501 e. The highest BCUT2D eigenvalue weighted by molar-refractivity contribution is 5.94. The number of aromatic nitrogens is 2. The number of rotatable bonds is 10. The van der Waals surface area contributed by atoms with Crippen molar-refractivity contribution in [3.8, 4) is 5.75 Å². The zero-order valence-corrected chi connectivity index (χ0v) is 22.6. The van der Waals surface area contributed by atoms with Crippen molar-refractivity contribution in [3.05, 3.63) is 57.0 Å². The van der Waals surface area contributed by atoms with Gasteiger partial charge in [-0.3, -0.25) is 14.4 Å². The van der Waals surface area contributed by atoms with E-state index in [9.17, 15) is 29.0 Å². The Morgan fingerprint density at radius 3 is 2.43 bits per heavy atom. The molecule has 0 aliphatic heterocycles. The highest BCUT2D eigenvalue weighted by Gasteiger charge is 2.34. The Morgan fingerprint density at radius 2 is 1.86 bits per heavy atom. The number of nitrogens with zero attached hydrogens (tertiary/aromatic N) is 1. The average Bonchev–Trinajstić information content (AvgIpc) is 2.80. The first-order valence-electron chi connectivity index (χ1n) is 12.2. The molecule has 0 bridgehead atoms. The Labute approximate surface area is 216 Å². The lowest BCUT2D eigenvalue weighted by molar-refractivity contribution is -0.160. The van der Waals surface area contributed by atoms with Crippen LogP contribution in [0.2, 0.25) is 0 Å². The molecule has 0 saturated carbocycles. The van der Waals surface area contributed by atoms with E-state index in [1.807, 2.05) is 13.8 Å². The molecule has 0 fully saturated rings. The Hall–Kier alpha value is -3.27. The minimum atomic E-state index is -0.921. The number of aromatic hydroxyl groups is 1. The van der Waals surface area contributed by atoms with Crippen molar-refractivity contribution >= 4 is 11.9 Å². The van der Waals surface area contributed by atoms with E-state index in [1.165, 1.54) is 12.1 Å². The van der Waals surface area contributed by atoms with E-state index < -0.39 is 51.7 Å². The van der Waals surface area contributed by atoms with E-state index in [1.54, 1.807) is 40.7 Å². The minimum Gasteiger partial charge on any atom is -0.501 e. The van der Waals surface area contributed by atoms with Gasteiger partial charge in [-0.15, -0.1) is 0 Å². The molecule has 1 aromatic heterocycles. The zero-order valence-electron chi connectivity index (χ0n) is 22.6. The predicted molar refractivity (Wildman–Crippen MR) is 137 cm³/mol. The Kier molecular flexibility index (Phi) is 9.60. The molecule has 2 aromatic rings. The highest BCUT2D eigenvalue weighted by atomic mass is 19.1. The van der Waals surface area contributed by atoms with Crippen LogP contribution in [0, 0.1) is 24.1 Å². The number of carbonyl (C=O) groups is 2. The van der Waals surface area contributed by atoms with Crippen LogP contribution in [0.4, 0.5) is 4.39 Å². The summed E-state index contributed by atoms with van der Waals surface area (Å²) >= 11 is 0. The number of esters is 1. The topological polar surface area (TPSA) is 142 Å². The first-order chi connectivity index (χ1) is 17.0. The molecule has 2 unspecified atom stereocenters. The molecule has 1 amide bonds. The van der Waals surface area contributed by atoms with E-state index in [4.69, 9.17) is 4.74 Å². The molecule has 0 spiro atoms. The number of carbonyl (C=O) groups excluding carboxylic acids is 2. The lowest BCUT2D eigenvalue weighted by Crippen LogP contribution is -2.33. The molecule has 0 radical (unpaired) electrons. The molecular weight excluding hydrogens is 481 g/mol. The van der Waals surface area contributed by atoms with Crippen molar-refractivity contribution in [2.45, 2.75) is 79.4 Å². The Bertz CT molecular complexity index is 1190. The van der Waals surface area contributed by atoms with Gasteiger partial charge in [0.2, 0.25) is 5.75 Å². The maximum absolute atomic E-state index is 13.5. The molecule has 4 N–H and O–H groups in total. The summed E-state index contributed by atoms with van der Waals surface area (Å²) in [6.45, 7) is 12.1. The number of amides is 1. The van der Waals surface area contributed by atoms with Gasteiger partial charge >= 0.3 is 5.97 Å². The van der Waals surface area contributed by atoms with Gasteiger partial charge < -0.3 is 25.3 Å². The van der Waals surface area contributed by atoms with Gasteiger partial charge in [0.05, 0.1) is 5.92 Å². The SMILES string of the molecule is Cc1cc(CNC(=O)c2nc(C(CCC(C)(C)CO)C(C)C(=O)OC(C)(C)C)[nH]c(=O)c2O)ccc1F. The van der Waals surface area contributed by atoms with E-state index in [2.05, 4.69) is 15.3 Å². The van der Waals surface area contributed by atoms with Gasteiger partial charge in [0.15, 0.2) is 5.69 Å². The van der Waals surface area contributed by atoms with E-state index >= 15 is 0 Å². The van der Waals surface area contributed by atoms with Crippen LogP contribution < -0.4 is 10.9 Å². The van der Waals surface area contributed by atoms with Crippen molar-refractivity contribution in [2.24, 2.45) is 11.3 Å². The molecule has 1 heterocycles. The zero-order chi connectivity index (χ0) is 28.1. The summed E-state index contributed by atoms with van der Waals surface area (Å²) < 4.78 is 19.1. The smallest absolute Gasteiger partial charge is 0.309 e. The van der Waals surface area contributed by atoms with Gasteiger partial charge in [0.1, 0.15) is 17.2 Å². The molecule has 2 rings (SSSR count). The van der Waals surface area contributed by atoms with Crippen LogP contribution in [0.1, 0.15) is 87.7 Å². The van der Waals surface area contributed by atoms with Crippen LogP contribution in [0.5, 0.6) is 5.75 Å². The molecule has 9 nitrogen and oxygen atoms in total. The summed E-state index contributed by atoms with van der Waals surface area (Å²) in [5.74, 6) is -3.89. The molecule has 0 aliphatic rings. The normalized spacial score (nSPS) is 13.6. The van der Waals surface area contributed by atoms with Crippen molar-refractivity contribution in [1.29, 1.82) is 0 Å². The predicted octanol–water partition coefficient (Wildman–Crippen LogP) is 3.71. The Balaban J connectivity index is 2.40. The Morgan fingerprint density at radius 1 is 1.22 bits per heavy atom. The van der Waals surface area contributed by atoms with Crippen LogP contribution in [-0.4, -0.2) is 44.3 Å². The maximum Gasteiger partial charge on any atom is 0.309 e. The van der Waals surface area contributed by atoms with Crippen molar-refractivity contribution in [1.82, 2.24) is 15.3 Å². The van der Waals surface area contributed by atoms with Crippen molar-refractivity contribution in [3.63, 3.8) is 0 Å². The molecular formula is C27H38FN3O6. The number of hydrogen-bond acceptors (Lipinski definition) is 7. The van der Waals surface area contributed by atoms with Crippen LogP contribution in [-0.2, 0) is 16.1 Å². The van der Waals surface area contributed by atoms with Crippen molar-refractivity contribution < 1.29 is 28.9 Å². The highest BCUT2D eigenvalue weighted by Crippen LogP contribution is 2.34. The summed E-state index contributed by atoms with van der Waals surface area (Å²) in [5.41, 5.74) is -1.57. The first-order valence-corrected chi connectivity index (χ1v) is 12.2. The number of halogens is 1. The lowest BCUT2D eigenvalue weighted by Gasteiger charge is -2.29. The number of aliphatic hydroxyl groups is 1. The van der Waals surface area contributed by atoms with Gasteiger partial charge in [-0.2, -0.15) is 0 Å². The fourth-order valence-electron chi connectivity index (χ4n) is 3.71. The number of aliphatic hydroxyl groups excluding tert-OH is 1. The van der Waals surface area contributed by atoms with E-state index in [0.29, 0.717) is 24.0 Å². The number of ether oxygens (including phenoxy) is 1. The van der Waals surface area contributed by atoms with Crippen LogP contribution in [0.3, 0.4) is 0 Å². The van der Waals surface area contributed by atoms with Crippen LogP contribution in [0.15, 0.2) is 23.0 Å². The molecule has 0 aliphatic carbocycles. The lowest BCUT2D eigenvalue weighted by atomic mass is 9.81. The monoisotopic (exact) mass is 519 g/mol. The second kappa shape index (κ2) is 11.9. The summed E-state index contributed by atoms with van der Waals surface area (Å²) in [7, 11) is 0. The van der Waals surface area contributed by atoms with Gasteiger partial charge in [0.25, 0.3) is 11.5 Å². The summed E-state index contributed by atoms with van der Waals surface area (Å²) in [6, 6.07) is 4.38. The summed E-state index contributed by atoms with van der Waals surface area (Å²) in [6.07, 6.45) is 0.828. The quantitative estimate of drug-likeness (QED) is 0.351. The molecule has 10 heteroatoms. The van der Waals surface area contributed by atoms with E-state index in [-0.39, 0.29) is 24.8 Å². The molecule has 2 atom stereocenters. The third kappa shape index (κ3) is 8.38. The minimum absolute atomic E-state index is 0.0195. The number of aromatic amines is 1. The summed E-state index contributed by atoms with van der Waals surface area (Å²) in [5, 5.41) is 22.6. The van der Waals surface area contributed by atoms with E-state index in [0.717, 1.165) is 0 Å². The number of benzene rings is 1. The number of nitrogens with one attached hydrogen (secondary N) is 2. The standard InChI is InChI=1S/C27H38FN3O6/c1-15-12-17(8-9-19(15)28)13-29-23(34)20-21(33)24(35)31-22(30-20)18(10-11-27(6,7)14-32)16(2)25(36)37-26(3,4)5/h8-9,12,16,18,32-33H,10-11,13-14H2,1-7H3,(H,29,34)(H,30,31,35). The van der Waals surface area contributed by atoms with Crippen LogP contribution in [0.25, 0.3) is 0 Å². The molecule has 1 aromatic carbocycles.